The Morgan fingerprint density at radius 3 is 2.38 bits per heavy atom. The van der Waals surface area contributed by atoms with Gasteiger partial charge in [-0.15, -0.1) is 0 Å². The Hall–Kier alpha value is -3.74. The molecule has 34 heavy (non-hydrogen) atoms. The van der Waals surface area contributed by atoms with Gasteiger partial charge in [-0.3, -0.25) is 0 Å². The number of hydrogen-bond donors (Lipinski definition) is 0. The Labute approximate surface area is 200 Å². The molecule has 0 spiro atoms. The molecule has 7 heteroatoms. The molecule has 0 aliphatic carbocycles. The average Bonchev–Trinajstić information content (AvgIpc) is 3.34. The van der Waals surface area contributed by atoms with Gasteiger partial charge < -0.3 is 14.2 Å². The fourth-order valence-corrected chi connectivity index (χ4v) is 3.93. The van der Waals surface area contributed by atoms with Gasteiger partial charge in [0.15, 0.2) is 0 Å². The zero-order valence-electron chi connectivity index (χ0n) is 20.5. The summed E-state index contributed by atoms with van der Waals surface area (Å²) in [5.41, 5.74) is 5.67. The maximum Gasteiger partial charge on any atom is 0.277 e. The molecule has 0 atom stereocenters. The molecule has 4 rings (SSSR count). The molecule has 0 fully saturated rings. The van der Waals surface area contributed by atoms with Crippen molar-refractivity contribution in [1.82, 2.24) is 20.1 Å². The van der Waals surface area contributed by atoms with Crippen LogP contribution in [0.25, 0.3) is 23.0 Å². The number of anilines is 1. The monoisotopic (exact) mass is 457 g/mol. The molecule has 0 saturated heterocycles. The zero-order valence-corrected chi connectivity index (χ0v) is 20.5. The molecule has 2 aromatic carbocycles. The van der Waals surface area contributed by atoms with Crippen molar-refractivity contribution >= 4 is 5.95 Å². The molecule has 0 amide bonds. The third-order valence-electron chi connectivity index (χ3n) is 5.75. The van der Waals surface area contributed by atoms with Crippen LogP contribution < -0.4 is 9.64 Å². The first-order valence-corrected chi connectivity index (χ1v) is 11.8. The summed E-state index contributed by atoms with van der Waals surface area (Å²) < 4.78 is 11.8. The van der Waals surface area contributed by atoms with Gasteiger partial charge in [0, 0.05) is 24.3 Å². The topological polar surface area (TPSA) is 77.2 Å². The van der Waals surface area contributed by atoms with Crippen molar-refractivity contribution in [1.29, 1.82) is 0 Å². The van der Waals surface area contributed by atoms with Crippen LogP contribution >= 0.6 is 0 Å². The first-order valence-electron chi connectivity index (χ1n) is 11.8. The lowest BCUT2D eigenvalue weighted by atomic mass is 10.0. The maximum absolute atomic E-state index is 6.19. The molecule has 0 N–H and O–H groups in total. The number of benzene rings is 2. The van der Waals surface area contributed by atoms with Crippen molar-refractivity contribution in [2.75, 3.05) is 18.0 Å². The van der Waals surface area contributed by atoms with E-state index >= 15 is 0 Å². The molecule has 0 aliphatic heterocycles. The summed E-state index contributed by atoms with van der Waals surface area (Å²) in [6.07, 6.45) is 0.835. The average molecular weight is 458 g/mol. The van der Waals surface area contributed by atoms with Gasteiger partial charge in [-0.1, -0.05) is 42.4 Å². The highest BCUT2D eigenvalue weighted by molar-refractivity contribution is 5.63. The highest BCUT2D eigenvalue weighted by Gasteiger charge is 2.18. The van der Waals surface area contributed by atoms with Gasteiger partial charge in [0.1, 0.15) is 18.1 Å². The second-order valence-electron chi connectivity index (χ2n) is 8.20. The van der Waals surface area contributed by atoms with Gasteiger partial charge >= 0.3 is 0 Å². The van der Waals surface area contributed by atoms with Crippen LogP contribution in [0, 0.1) is 13.8 Å². The summed E-state index contributed by atoms with van der Waals surface area (Å²) in [5, 5.41) is 4.25. The molecule has 2 heterocycles. The van der Waals surface area contributed by atoms with Crippen LogP contribution in [-0.2, 0) is 13.0 Å². The quantitative estimate of drug-likeness (QED) is 0.314. The highest BCUT2D eigenvalue weighted by atomic mass is 16.5. The molecule has 2 aromatic heterocycles. The van der Waals surface area contributed by atoms with Gasteiger partial charge in [0.05, 0.1) is 0 Å². The highest BCUT2D eigenvalue weighted by Crippen LogP contribution is 2.31. The number of aromatic nitrogens is 4. The smallest absolute Gasteiger partial charge is 0.277 e. The van der Waals surface area contributed by atoms with Gasteiger partial charge in [-0.05, 0) is 69.0 Å². The minimum atomic E-state index is 0.383. The summed E-state index contributed by atoms with van der Waals surface area (Å²) in [7, 11) is 0. The molecular formula is C27H31N5O2. The van der Waals surface area contributed by atoms with Crippen LogP contribution in [0.5, 0.6) is 5.75 Å². The van der Waals surface area contributed by atoms with Gasteiger partial charge in [-0.2, -0.15) is 4.98 Å². The summed E-state index contributed by atoms with van der Waals surface area (Å²) in [4.78, 5) is 16.0. The molecule has 0 bridgehead atoms. The Morgan fingerprint density at radius 2 is 1.68 bits per heavy atom. The van der Waals surface area contributed by atoms with E-state index in [0.717, 1.165) is 53.2 Å². The first-order chi connectivity index (χ1) is 16.5. The largest absolute Gasteiger partial charge is 0.488 e. The van der Waals surface area contributed by atoms with Crippen LogP contribution in [0.2, 0.25) is 0 Å². The predicted octanol–water partition coefficient (Wildman–Crippen LogP) is 5.80. The normalized spacial score (nSPS) is 11.0. The van der Waals surface area contributed by atoms with Crippen molar-refractivity contribution in [3.63, 3.8) is 0 Å². The van der Waals surface area contributed by atoms with Crippen molar-refractivity contribution in [3.05, 3.63) is 70.9 Å². The number of aryl methyl sites for hydroxylation is 3. The Bertz CT molecular complexity index is 1250. The Kier molecular flexibility index (Phi) is 7.21. The fourth-order valence-electron chi connectivity index (χ4n) is 3.93. The third-order valence-corrected chi connectivity index (χ3v) is 5.75. The molecular weight excluding hydrogens is 426 g/mol. The van der Waals surface area contributed by atoms with E-state index in [4.69, 9.17) is 9.26 Å². The maximum atomic E-state index is 6.19. The molecule has 0 unspecified atom stereocenters. The van der Waals surface area contributed by atoms with E-state index in [1.807, 2.05) is 44.2 Å². The molecule has 0 radical (unpaired) electrons. The molecule has 0 saturated carbocycles. The molecule has 4 aromatic rings. The molecule has 7 nitrogen and oxygen atoms in total. The van der Waals surface area contributed by atoms with Crippen LogP contribution in [0.4, 0.5) is 5.95 Å². The van der Waals surface area contributed by atoms with Gasteiger partial charge in [-0.25, -0.2) is 9.97 Å². The van der Waals surface area contributed by atoms with Crippen LogP contribution in [-0.4, -0.2) is 33.2 Å². The third kappa shape index (κ3) is 5.09. The van der Waals surface area contributed by atoms with Gasteiger partial charge in [0.25, 0.3) is 5.89 Å². The second kappa shape index (κ2) is 10.5. The first kappa shape index (κ1) is 23.4. The van der Waals surface area contributed by atoms with Crippen LogP contribution in [0.15, 0.2) is 53.1 Å². The predicted molar refractivity (Wildman–Crippen MR) is 134 cm³/mol. The van der Waals surface area contributed by atoms with E-state index in [1.165, 1.54) is 0 Å². The Morgan fingerprint density at radius 1 is 0.912 bits per heavy atom. The van der Waals surface area contributed by atoms with E-state index in [9.17, 15) is 0 Å². The number of ether oxygens (including phenoxy) is 1. The SMILES string of the molecule is CCc1cc(-c2noc(-c3cc(C)nc(N(CC)CC)n3)n2)cc(C)c1OCc1ccccc1. The van der Waals surface area contributed by atoms with Crippen molar-refractivity contribution in [2.45, 2.75) is 47.6 Å². The van der Waals surface area contributed by atoms with Crippen LogP contribution in [0.1, 0.15) is 43.2 Å². The molecule has 176 valence electrons. The molecule has 0 aliphatic rings. The van der Waals surface area contributed by atoms with Crippen LogP contribution in [0.3, 0.4) is 0 Å². The van der Waals surface area contributed by atoms with E-state index in [0.29, 0.717) is 30.0 Å². The summed E-state index contributed by atoms with van der Waals surface area (Å²) in [5.74, 6) is 2.50. The second-order valence-corrected chi connectivity index (χ2v) is 8.20. The Balaban J connectivity index is 1.62. The zero-order chi connectivity index (χ0) is 24.1. The van der Waals surface area contributed by atoms with E-state index in [-0.39, 0.29) is 0 Å². The fraction of sp³-hybridized carbons (Fsp3) is 0.333. The van der Waals surface area contributed by atoms with E-state index in [2.05, 4.69) is 64.0 Å². The minimum absolute atomic E-state index is 0.383. The van der Waals surface area contributed by atoms with E-state index < -0.39 is 0 Å². The lowest BCUT2D eigenvalue weighted by molar-refractivity contribution is 0.301. The van der Waals surface area contributed by atoms with Crippen molar-refractivity contribution in [2.24, 2.45) is 0 Å². The van der Waals surface area contributed by atoms with Crippen molar-refractivity contribution < 1.29 is 9.26 Å². The van der Waals surface area contributed by atoms with E-state index in [1.54, 1.807) is 0 Å². The number of nitrogens with zero attached hydrogens (tertiary/aromatic N) is 5. The van der Waals surface area contributed by atoms with Crippen molar-refractivity contribution in [3.8, 4) is 28.7 Å². The number of hydrogen-bond acceptors (Lipinski definition) is 7. The standard InChI is InChI=1S/C27H31N5O2/c1-6-21-16-22(14-18(4)24(21)33-17-20-12-10-9-11-13-20)25-30-26(34-31-25)23-15-19(5)28-27(29-23)32(7-2)8-3/h9-16H,6-8,17H2,1-5H3. The summed E-state index contributed by atoms with van der Waals surface area (Å²) in [6.45, 7) is 12.5. The number of rotatable bonds is 9. The minimum Gasteiger partial charge on any atom is -0.488 e. The lowest BCUT2D eigenvalue weighted by Gasteiger charge is -2.18. The lowest BCUT2D eigenvalue weighted by Crippen LogP contribution is -2.24. The summed E-state index contributed by atoms with van der Waals surface area (Å²) >= 11 is 0. The van der Waals surface area contributed by atoms with Gasteiger partial charge in [0.2, 0.25) is 11.8 Å². The summed E-state index contributed by atoms with van der Waals surface area (Å²) in [6, 6.07) is 16.2.